The van der Waals surface area contributed by atoms with E-state index in [1.54, 1.807) is 35.6 Å². The van der Waals surface area contributed by atoms with Crippen LogP contribution in [0.4, 0.5) is 0 Å². The first-order valence-corrected chi connectivity index (χ1v) is 10.3. The van der Waals surface area contributed by atoms with Crippen molar-refractivity contribution in [1.82, 2.24) is 19.8 Å². The van der Waals surface area contributed by atoms with Crippen molar-refractivity contribution in [3.05, 3.63) is 47.5 Å². The van der Waals surface area contributed by atoms with Crippen molar-refractivity contribution in [2.75, 3.05) is 19.6 Å². The molecule has 0 bridgehead atoms. The molecule has 9 heteroatoms. The highest BCUT2D eigenvalue weighted by Gasteiger charge is 2.43. The highest BCUT2D eigenvalue weighted by atomic mass is 35.5. The number of likely N-dealkylation sites (tertiary alicyclic amines) is 1. The van der Waals surface area contributed by atoms with E-state index in [9.17, 15) is 14.4 Å². The summed E-state index contributed by atoms with van der Waals surface area (Å²) in [5, 5.41) is 3.32. The number of hydrogen-bond acceptors (Lipinski definition) is 5. The fraction of sp³-hybridized carbons (Fsp3) is 0.429. The normalized spacial score (nSPS) is 21.2. The van der Waals surface area contributed by atoms with E-state index < -0.39 is 5.60 Å². The van der Waals surface area contributed by atoms with Crippen LogP contribution in [0.5, 0.6) is 5.75 Å². The Kier molecular flexibility index (Phi) is 5.76. The summed E-state index contributed by atoms with van der Waals surface area (Å²) in [5.74, 6) is 0.167. The molecule has 1 aromatic carbocycles. The van der Waals surface area contributed by atoms with Crippen LogP contribution in [0.1, 0.15) is 36.0 Å². The van der Waals surface area contributed by atoms with E-state index in [1.165, 1.54) is 0 Å². The number of imidazole rings is 1. The molecule has 1 N–H and O–H groups in total. The Bertz CT molecular complexity index is 962. The number of ether oxygens (including phenoxy) is 1. The van der Waals surface area contributed by atoms with Crippen LogP contribution in [0.3, 0.4) is 0 Å². The second-order valence-corrected chi connectivity index (χ2v) is 8.18. The second-order valence-electron chi connectivity index (χ2n) is 7.74. The fourth-order valence-corrected chi connectivity index (χ4v) is 4.14. The van der Waals surface area contributed by atoms with Crippen LogP contribution < -0.4 is 10.1 Å². The van der Waals surface area contributed by atoms with E-state index in [4.69, 9.17) is 16.3 Å². The van der Waals surface area contributed by atoms with E-state index >= 15 is 0 Å². The maximum atomic E-state index is 12.7. The molecule has 0 unspecified atom stereocenters. The molecule has 158 valence electrons. The highest BCUT2D eigenvalue weighted by Crippen LogP contribution is 2.40. The van der Waals surface area contributed by atoms with Gasteiger partial charge in [-0.1, -0.05) is 11.6 Å². The number of Topliss-reactive ketones (excluding diaryl/α,β-unsaturated/α-hetero) is 1. The number of carbonyl (C=O) groups excluding carboxylic acids is 3. The van der Waals surface area contributed by atoms with Gasteiger partial charge in [0.1, 0.15) is 11.4 Å². The van der Waals surface area contributed by atoms with Gasteiger partial charge in [0.2, 0.25) is 11.8 Å². The molecule has 8 nitrogen and oxygen atoms in total. The van der Waals surface area contributed by atoms with Gasteiger partial charge in [0, 0.05) is 49.9 Å². The minimum atomic E-state index is -0.722. The Morgan fingerprint density at radius 1 is 1.30 bits per heavy atom. The third-order valence-electron chi connectivity index (χ3n) is 5.62. The van der Waals surface area contributed by atoms with Crippen molar-refractivity contribution in [1.29, 1.82) is 0 Å². The largest absolute Gasteiger partial charge is 0.486 e. The minimum Gasteiger partial charge on any atom is -0.486 e. The number of rotatable bonds is 5. The smallest absolute Gasteiger partial charge is 0.239 e. The van der Waals surface area contributed by atoms with Gasteiger partial charge in [-0.05, 0) is 24.6 Å². The summed E-state index contributed by atoms with van der Waals surface area (Å²) >= 11 is 6.00. The van der Waals surface area contributed by atoms with Crippen LogP contribution in [-0.4, -0.2) is 57.3 Å². The quantitative estimate of drug-likeness (QED) is 0.783. The molecule has 2 aromatic rings. The summed E-state index contributed by atoms with van der Waals surface area (Å²) < 4.78 is 8.07. The molecule has 0 aliphatic carbocycles. The summed E-state index contributed by atoms with van der Waals surface area (Å²) in [7, 11) is 0. The summed E-state index contributed by atoms with van der Waals surface area (Å²) in [6, 6.07) is 5.01. The maximum absolute atomic E-state index is 12.7. The lowest BCUT2D eigenvalue weighted by atomic mass is 9.84. The number of nitrogens with one attached hydrogen (secondary N) is 1. The molecule has 2 aliphatic rings. The molecule has 30 heavy (non-hydrogen) atoms. The van der Waals surface area contributed by atoms with Crippen LogP contribution in [-0.2, 0) is 16.1 Å². The number of benzene rings is 1. The topological polar surface area (TPSA) is 93.5 Å². The molecule has 4 rings (SSSR count). The lowest BCUT2D eigenvalue weighted by molar-refractivity contribution is -0.135. The standard InChI is InChI=1S/C21H23ClN4O4/c22-15-1-2-18-16(11-15)17(27)12-21(30-18)4-3-20(29)26(8-5-21)13-19(28)24-7-10-25-9-6-23-14-25/h1-2,6,9,11,14H,3-5,7-8,10,12-13H2,(H,24,28)/t21-/m0/s1. The van der Waals surface area contributed by atoms with Gasteiger partial charge in [0.25, 0.3) is 0 Å². The first-order valence-electron chi connectivity index (χ1n) is 9.96. The van der Waals surface area contributed by atoms with Crippen molar-refractivity contribution >= 4 is 29.2 Å². The van der Waals surface area contributed by atoms with Gasteiger partial charge in [-0.3, -0.25) is 14.4 Å². The average molecular weight is 431 g/mol. The lowest BCUT2D eigenvalue weighted by Crippen LogP contribution is -2.44. The minimum absolute atomic E-state index is 0.00101. The lowest BCUT2D eigenvalue weighted by Gasteiger charge is -2.37. The molecule has 2 aliphatic heterocycles. The van der Waals surface area contributed by atoms with Gasteiger partial charge in [-0.15, -0.1) is 0 Å². The zero-order chi connectivity index (χ0) is 21.1. The van der Waals surface area contributed by atoms with Crippen LogP contribution in [0.25, 0.3) is 0 Å². The summed E-state index contributed by atoms with van der Waals surface area (Å²) in [5.41, 5.74) is -0.238. The molecule has 0 saturated carbocycles. The van der Waals surface area contributed by atoms with Crippen molar-refractivity contribution < 1.29 is 19.1 Å². The number of carbonyl (C=O) groups is 3. The molecule has 1 spiro atoms. The zero-order valence-corrected chi connectivity index (χ0v) is 17.2. The van der Waals surface area contributed by atoms with E-state index in [2.05, 4.69) is 10.3 Å². The van der Waals surface area contributed by atoms with Gasteiger partial charge < -0.3 is 19.5 Å². The molecule has 0 radical (unpaired) electrons. The van der Waals surface area contributed by atoms with Crippen LogP contribution in [0, 0.1) is 0 Å². The van der Waals surface area contributed by atoms with Crippen molar-refractivity contribution in [3.63, 3.8) is 0 Å². The molecule has 1 saturated heterocycles. The monoisotopic (exact) mass is 430 g/mol. The molecule has 1 fully saturated rings. The Hall–Kier alpha value is -2.87. The summed E-state index contributed by atoms with van der Waals surface area (Å²) in [6.07, 6.45) is 6.56. The fourth-order valence-electron chi connectivity index (χ4n) is 3.97. The van der Waals surface area contributed by atoms with Gasteiger partial charge in [-0.2, -0.15) is 0 Å². The van der Waals surface area contributed by atoms with Crippen molar-refractivity contribution in [2.24, 2.45) is 0 Å². The number of fused-ring (bicyclic) bond motifs is 1. The number of nitrogens with zero attached hydrogens (tertiary/aromatic N) is 3. The van der Waals surface area contributed by atoms with Crippen molar-refractivity contribution in [3.8, 4) is 5.75 Å². The zero-order valence-electron chi connectivity index (χ0n) is 16.5. The second kappa shape index (κ2) is 8.47. The van der Waals surface area contributed by atoms with E-state index in [1.807, 2.05) is 10.8 Å². The Balaban J connectivity index is 1.35. The van der Waals surface area contributed by atoms with Gasteiger partial charge in [-0.25, -0.2) is 4.98 Å². The Morgan fingerprint density at radius 2 is 2.17 bits per heavy atom. The number of amides is 2. The molecule has 1 atom stereocenters. The third kappa shape index (κ3) is 4.48. The molecule has 1 aromatic heterocycles. The van der Waals surface area contributed by atoms with Gasteiger partial charge in [0.05, 0.1) is 24.9 Å². The highest BCUT2D eigenvalue weighted by molar-refractivity contribution is 6.31. The number of ketones is 1. The Morgan fingerprint density at radius 3 is 2.97 bits per heavy atom. The third-order valence-corrected chi connectivity index (χ3v) is 5.86. The summed E-state index contributed by atoms with van der Waals surface area (Å²) in [4.78, 5) is 43.0. The molecular weight excluding hydrogens is 408 g/mol. The van der Waals surface area contributed by atoms with E-state index in [-0.39, 0.29) is 37.0 Å². The number of hydrogen-bond donors (Lipinski definition) is 1. The van der Waals surface area contributed by atoms with Gasteiger partial charge >= 0.3 is 0 Å². The molecule has 2 amide bonds. The Labute approximate surface area is 179 Å². The van der Waals surface area contributed by atoms with Crippen LogP contribution >= 0.6 is 11.6 Å². The SMILES string of the molecule is O=C(CN1CC[C@@]2(CCC1=O)CC(=O)c1cc(Cl)ccc1O2)NCCn1ccnc1. The van der Waals surface area contributed by atoms with Crippen molar-refractivity contribution in [2.45, 2.75) is 37.8 Å². The van der Waals surface area contributed by atoms with Gasteiger partial charge in [0.15, 0.2) is 5.78 Å². The van der Waals surface area contributed by atoms with E-state index in [0.29, 0.717) is 48.8 Å². The molecule has 3 heterocycles. The van der Waals surface area contributed by atoms with Crippen LogP contribution in [0.2, 0.25) is 5.02 Å². The predicted molar refractivity (Wildman–Crippen MR) is 109 cm³/mol. The summed E-state index contributed by atoms with van der Waals surface area (Å²) in [6.45, 7) is 1.43. The number of aromatic nitrogens is 2. The predicted octanol–water partition coefficient (Wildman–Crippen LogP) is 2.07. The van der Waals surface area contributed by atoms with Crippen LogP contribution in [0.15, 0.2) is 36.9 Å². The first-order chi connectivity index (χ1) is 14.4. The first kappa shape index (κ1) is 20.4. The maximum Gasteiger partial charge on any atom is 0.239 e. The van der Waals surface area contributed by atoms with E-state index in [0.717, 1.165) is 0 Å². The average Bonchev–Trinajstić information content (AvgIpc) is 3.19. The number of halogens is 1. The molecular formula is C21H23ClN4O4.